The highest BCUT2D eigenvalue weighted by Crippen LogP contribution is 2.39. The average molecular weight is 352 g/mol. The van der Waals surface area contributed by atoms with E-state index < -0.39 is 6.04 Å². The summed E-state index contributed by atoms with van der Waals surface area (Å²) in [6.45, 7) is 1.57. The molecule has 26 heavy (non-hydrogen) atoms. The minimum Gasteiger partial charge on any atom is -0.506 e. The van der Waals surface area contributed by atoms with Gasteiger partial charge in [-0.2, -0.15) is 0 Å². The molecule has 1 unspecified atom stereocenters. The van der Waals surface area contributed by atoms with Crippen LogP contribution in [-0.4, -0.2) is 27.8 Å². The van der Waals surface area contributed by atoms with Gasteiger partial charge >= 0.3 is 0 Å². The molecule has 6 heteroatoms. The predicted octanol–water partition coefficient (Wildman–Crippen LogP) is 3.47. The molecule has 4 rings (SSSR count). The molecule has 4 heterocycles. The van der Waals surface area contributed by atoms with Gasteiger partial charge in [-0.15, -0.1) is 0 Å². The number of furan rings is 2. The topological polar surface area (TPSA) is 89.9 Å². The first-order valence-corrected chi connectivity index (χ1v) is 8.30. The summed E-state index contributed by atoms with van der Waals surface area (Å²) in [4.78, 5) is 1.60. The van der Waals surface area contributed by atoms with Crippen molar-refractivity contribution < 1.29 is 24.2 Å². The molecule has 2 aromatic rings. The Morgan fingerprint density at radius 3 is 2.81 bits per heavy atom. The Hall–Kier alpha value is -3.12. The summed E-state index contributed by atoms with van der Waals surface area (Å²) in [5, 5.41) is 33.1. The van der Waals surface area contributed by atoms with Crippen LogP contribution in [0.5, 0.6) is 0 Å². The fourth-order valence-electron chi connectivity index (χ4n) is 3.26. The van der Waals surface area contributed by atoms with Gasteiger partial charge in [0.15, 0.2) is 0 Å². The third kappa shape index (κ3) is 2.74. The van der Waals surface area contributed by atoms with Crippen LogP contribution >= 0.6 is 0 Å². The van der Waals surface area contributed by atoms with E-state index in [2.05, 4.69) is 0 Å². The van der Waals surface area contributed by atoms with Crippen LogP contribution in [0.2, 0.25) is 0 Å². The number of nitrogens with zero attached hydrogens (tertiary/aromatic N) is 1. The SMILES string of the molecule is Cc1ccc(/C=C2\C([O])=C3C=C(Cc4ccco4)C(O)=CN3C2CO)o1. The van der Waals surface area contributed by atoms with Crippen LogP contribution in [0.1, 0.15) is 17.3 Å². The van der Waals surface area contributed by atoms with Crippen LogP contribution in [-0.2, 0) is 11.5 Å². The second-order valence-corrected chi connectivity index (χ2v) is 6.31. The molecule has 1 radical (unpaired) electrons. The third-order valence-corrected chi connectivity index (χ3v) is 4.55. The van der Waals surface area contributed by atoms with Gasteiger partial charge in [0.25, 0.3) is 0 Å². The first-order valence-electron chi connectivity index (χ1n) is 8.30. The molecule has 2 N–H and O–H groups in total. The highest BCUT2D eigenvalue weighted by Gasteiger charge is 2.38. The van der Waals surface area contributed by atoms with Crippen LogP contribution in [0.15, 0.2) is 80.0 Å². The van der Waals surface area contributed by atoms with Gasteiger partial charge in [0.2, 0.25) is 5.76 Å². The Morgan fingerprint density at radius 2 is 2.15 bits per heavy atom. The van der Waals surface area contributed by atoms with E-state index in [-0.39, 0.29) is 18.1 Å². The molecule has 0 amide bonds. The zero-order chi connectivity index (χ0) is 18.3. The van der Waals surface area contributed by atoms with E-state index in [4.69, 9.17) is 8.83 Å². The van der Waals surface area contributed by atoms with Crippen LogP contribution in [0.3, 0.4) is 0 Å². The summed E-state index contributed by atoms with van der Waals surface area (Å²) in [7, 11) is 0. The van der Waals surface area contributed by atoms with E-state index in [1.54, 1.807) is 35.4 Å². The van der Waals surface area contributed by atoms with Gasteiger partial charge in [-0.1, -0.05) is 0 Å². The van der Waals surface area contributed by atoms with Crippen molar-refractivity contribution in [3.63, 3.8) is 0 Å². The van der Waals surface area contributed by atoms with Gasteiger partial charge in [0.05, 0.1) is 24.6 Å². The Morgan fingerprint density at radius 1 is 1.31 bits per heavy atom. The minimum atomic E-state index is -0.563. The Bertz CT molecular complexity index is 943. The Kier molecular flexibility index (Phi) is 3.97. The second kappa shape index (κ2) is 6.31. The summed E-state index contributed by atoms with van der Waals surface area (Å²) in [6.07, 6.45) is 6.72. The van der Waals surface area contributed by atoms with Crippen LogP contribution < -0.4 is 0 Å². The number of aryl methyl sites for hydroxylation is 1. The molecule has 0 saturated carbocycles. The van der Waals surface area contributed by atoms with E-state index in [1.165, 1.54) is 6.20 Å². The lowest BCUT2D eigenvalue weighted by molar-refractivity contribution is 0.216. The van der Waals surface area contributed by atoms with Crippen LogP contribution in [0.25, 0.3) is 6.08 Å². The van der Waals surface area contributed by atoms with Gasteiger partial charge in [-0.3, -0.25) is 5.11 Å². The fraction of sp³-hybridized carbons (Fsp3) is 0.200. The lowest BCUT2D eigenvalue weighted by Crippen LogP contribution is -2.31. The maximum atomic E-state index is 12.9. The van der Waals surface area contributed by atoms with Crippen molar-refractivity contribution in [2.45, 2.75) is 19.4 Å². The molecule has 0 saturated heterocycles. The minimum absolute atomic E-state index is 0.0477. The quantitative estimate of drug-likeness (QED) is 0.879. The van der Waals surface area contributed by atoms with Crippen molar-refractivity contribution >= 4 is 6.08 Å². The Balaban J connectivity index is 1.73. The average Bonchev–Trinajstić information content (AvgIpc) is 3.32. The molecular weight excluding hydrogens is 334 g/mol. The molecular formula is C20H18NO5. The molecule has 6 nitrogen and oxygen atoms in total. The maximum absolute atomic E-state index is 12.9. The lowest BCUT2D eigenvalue weighted by atomic mass is 10.0. The van der Waals surface area contributed by atoms with Gasteiger partial charge in [-0.05, 0) is 43.3 Å². The number of aliphatic hydroxyl groups excluding tert-OH is 2. The summed E-state index contributed by atoms with van der Waals surface area (Å²) < 4.78 is 10.8. The highest BCUT2D eigenvalue weighted by molar-refractivity contribution is 5.62. The number of fused-ring (bicyclic) bond motifs is 1. The zero-order valence-electron chi connectivity index (χ0n) is 14.2. The molecule has 2 aliphatic rings. The van der Waals surface area contributed by atoms with E-state index in [9.17, 15) is 15.3 Å². The van der Waals surface area contributed by atoms with E-state index in [1.807, 2.05) is 19.1 Å². The Labute approximate surface area is 150 Å². The highest BCUT2D eigenvalue weighted by atomic mass is 16.3. The van der Waals surface area contributed by atoms with E-state index in [0.29, 0.717) is 34.8 Å². The van der Waals surface area contributed by atoms with Gasteiger partial charge in [0.1, 0.15) is 23.0 Å². The molecule has 0 fully saturated rings. The van der Waals surface area contributed by atoms with Crippen LogP contribution in [0, 0.1) is 6.92 Å². The fourth-order valence-corrected chi connectivity index (χ4v) is 3.26. The first-order chi connectivity index (χ1) is 12.6. The van der Waals surface area contributed by atoms with E-state index >= 15 is 0 Å². The number of allylic oxidation sites excluding steroid dienone is 2. The number of rotatable bonds is 4. The van der Waals surface area contributed by atoms with E-state index in [0.717, 1.165) is 5.76 Å². The summed E-state index contributed by atoms with van der Waals surface area (Å²) in [5.74, 6) is 1.84. The largest absolute Gasteiger partial charge is 0.506 e. The molecule has 0 aromatic carbocycles. The maximum Gasteiger partial charge on any atom is 0.207 e. The van der Waals surface area contributed by atoms with Crippen molar-refractivity contribution in [2.75, 3.05) is 6.61 Å². The van der Waals surface area contributed by atoms with Crippen molar-refractivity contribution in [1.82, 2.24) is 4.90 Å². The molecule has 1 atom stereocenters. The zero-order valence-corrected chi connectivity index (χ0v) is 14.2. The first kappa shape index (κ1) is 16.4. The van der Waals surface area contributed by atoms with Gasteiger partial charge in [0, 0.05) is 23.8 Å². The predicted molar refractivity (Wildman–Crippen MR) is 93.1 cm³/mol. The lowest BCUT2D eigenvalue weighted by Gasteiger charge is -2.27. The number of hydrogen-bond donors (Lipinski definition) is 2. The second-order valence-electron chi connectivity index (χ2n) is 6.31. The smallest absolute Gasteiger partial charge is 0.207 e. The normalized spacial score (nSPS) is 21.2. The van der Waals surface area contributed by atoms with Gasteiger partial charge < -0.3 is 23.9 Å². The molecule has 2 aromatic heterocycles. The van der Waals surface area contributed by atoms with Crippen LogP contribution in [0.4, 0.5) is 0 Å². The number of hydrogen-bond acceptors (Lipinski definition) is 5. The molecule has 0 spiro atoms. The molecule has 133 valence electrons. The molecule has 0 aliphatic carbocycles. The number of aliphatic hydroxyl groups is 2. The molecule has 2 aliphatic heterocycles. The standard InChI is InChI=1S/C20H18NO5/c1-12-4-5-15(26-12)9-16-18(11-22)21-10-19(23)13(8-17(21)20(16)24)7-14-3-2-6-25-14/h2-6,8-10,18,22-23H,7,11H2,1H3/b16-9-. The summed E-state index contributed by atoms with van der Waals surface area (Å²) in [6, 6.07) is 6.60. The van der Waals surface area contributed by atoms with Crippen molar-refractivity contribution in [3.05, 3.63) is 88.4 Å². The monoisotopic (exact) mass is 352 g/mol. The summed E-state index contributed by atoms with van der Waals surface area (Å²) >= 11 is 0. The van der Waals surface area contributed by atoms with Crippen molar-refractivity contribution in [3.8, 4) is 0 Å². The van der Waals surface area contributed by atoms with Crippen molar-refractivity contribution in [1.29, 1.82) is 0 Å². The molecule has 0 bridgehead atoms. The summed E-state index contributed by atoms with van der Waals surface area (Å²) in [5.41, 5.74) is 1.43. The third-order valence-electron chi connectivity index (χ3n) is 4.55. The van der Waals surface area contributed by atoms with Crippen molar-refractivity contribution in [2.24, 2.45) is 0 Å². The van der Waals surface area contributed by atoms with Gasteiger partial charge in [-0.25, -0.2) is 0 Å².